The summed E-state index contributed by atoms with van der Waals surface area (Å²) in [4.78, 5) is 59.4. The second kappa shape index (κ2) is 109. The van der Waals surface area contributed by atoms with Crippen LogP contribution in [0.4, 0.5) is 0 Å². The number of hydrogen-bond acceptors (Lipinski definition) is 14. The molecule has 16 nitrogen and oxygen atoms in total. The van der Waals surface area contributed by atoms with E-state index < -0.39 is 91.5 Å². The minimum Gasteiger partial charge on any atom is -0.463 e. The van der Waals surface area contributed by atoms with Crippen molar-refractivity contribution in [1.82, 2.24) is 0 Å². The highest BCUT2D eigenvalue weighted by Crippen LogP contribution is 2.45. The maximum atomic E-state index is 13.2. The van der Waals surface area contributed by atoms with Crippen molar-refractivity contribution in [2.45, 2.75) is 489 Å². The Labute approximate surface area is 839 Å². The van der Waals surface area contributed by atoms with Gasteiger partial charge >= 0.3 is 33.6 Å². The second-order valence-corrected chi connectivity index (χ2v) is 39.6. The fourth-order valence-corrected chi connectivity index (χ4v) is 16.8. The van der Waals surface area contributed by atoms with Gasteiger partial charge in [0.1, 0.15) is 25.4 Å². The van der Waals surface area contributed by atoms with Crippen LogP contribution in [0.25, 0.3) is 0 Å². The van der Waals surface area contributed by atoms with E-state index in [2.05, 4.69) is 227 Å². The predicted molar refractivity (Wildman–Crippen MR) is 583 cm³/mol. The fourth-order valence-electron chi connectivity index (χ4n) is 15.3. The third kappa shape index (κ3) is 110. The van der Waals surface area contributed by atoms with Crippen molar-refractivity contribution < 1.29 is 75.8 Å². The predicted octanol–water partition coefficient (Wildman–Crippen LogP) is 35.8. The summed E-state index contributed by atoms with van der Waals surface area (Å²) >= 11 is 0. The van der Waals surface area contributed by atoms with E-state index in [9.17, 15) is 43.5 Å². The van der Waals surface area contributed by atoms with E-state index in [-0.39, 0.29) is 19.3 Å². The Hall–Kier alpha value is -5.87. The van der Waals surface area contributed by atoms with Gasteiger partial charge in [0, 0.05) is 19.3 Å². The van der Waals surface area contributed by atoms with E-state index in [4.69, 9.17) is 32.3 Å². The summed E-state index contributed by atoms with van der Waals surface area (Å²) in [7, 11) is -9.83. The molecule has 5 unspecified atom stereocenters. The average molecular weight is 1950 g/mol. The number of aliphatic hydroxyl groups excluding tert-OH is 2. The molecule has 0 aromatic heterocycles. The molecule has 5 atom stereocenters. The molecular formula is C119H202O16P2. The zero-order valence-electron chi connectivity index (χ0n) is 87.2. The maximum absolute atomic E-state index is 13.2. The van der Waals surface area contributed by atoms with Gasteiger partial charge in [0.15, 0.2) is 6.10 Å². The molecular weight excluding hydrogens is 1750 g/mol. The highest BCUT2D eigenvalue weighted by Gasteiger charge is 2.30. The standard InChI is InChI=1S/C119H202O16P2/c1-4-7-10-13-16-19-22-25-28-31-34-37-40-43-46-49-52-54-56-58-61-63-66-69-72-75-78-81-84-87-90-93-96-99-102-105-117(122)129-108-114(120)109-131-136(125,126)132-110-115(121)111-133-137(127,128)134-113-116(135-119(124)107-104-101-98-95-92-89-86-83-80-77-74-71-68-65-60-51-48-45-42-39-36-33-30-27-24-21-18-15-12-9-6-3)112-130-118(123)106-103-100-97-94-91-88-85-82-79-76-73-70-67-64-62-59-57-55-53-50-47-44-41-38-35-32-29-26-23-20-17-14-11-8-5-2/h7-12,16-21,25-30,34-39,43-48,52-55,114-116,120-121H,4-6,13-15,22-24,31-33,40-42,49-51,56-113H2,1-3H3,(H,125,126)(H,127,128)/b10-7-,11-8-,12-9-,19-16-,20-17-,21-18-,28-25-,29-26-,30-27-,37-34-,38-35-,39-36-,46-43-,47-44-,48-45-,54-52-,55-53-. The van der Waals surface area contributed by atoms with Gasteiger partial charge in [-0.05, 0) is 167 Å². The van der Waals surface area contributed by atoms with Crippen molar-refractivity contribution in [3.63, 3.8) is 0 Å². The Balaban J connectivity index is 4.61. The van der Waals surface area contributed by atoms with Crippen LogP contribution >= 0.6 is 15.6 Å². The van der Waals surface area contributed by atoms with Crippen LogP contribution in [0.5, 0.6) is 0 Å². The van der Waals surface area contributed by atoms with Gasteiger partial charge in [-0.2, -0.15) is 0 Å². The lowest BCUT2D eigenvalue weighted by Gasteiger charge is -2.21. The molecule has 0 spiro atoms. The molecule has 0 bridgehead atoms. The second-order valence-electron chi connectivity index (χ2n) is 36.7. The maximum Gasteiger partial charge on any atom is 0.472 e. The third-order valence-corrected chi connectivity index (χ3v) is 25.4. The summed E-state index contributed by atoms with van der Waals surface area (Å²) in [6.07, 6.45) is 149. The fraction of sp³-hybridized carbons (Fsp3) is 0.689. The summed E-state index contributed by atoms with van der Waals surface area (Å²) in [6.45, 7) is 2.43. The molecule has 137 heavy (non-hydrogen) atoms. The molecule has 0 aliphatic heterocycles. The molecule has 784 valence electrons. The first kappa shape index (κ1) is 131. The van der Waals surface area contributed by atoms with Crippen LogP contribution in [0.2, 0.25) is 0 Å². The van der Waals surface area contributed by atoms with Crippen LogP contribution in [0.3, 0.4) is 0 Å². The lowest BCUT2D eigenvalue weighted by molar-refractivity contribution is -0.161. The minimum absolute atomic E-state index is 0.101. The molecule has 0 amide bonds. The molecule has 0 fully saturated rings. The topological polar surface area (TPSA) is 231 Å². The Kier molecular flexibility index (Phi) is 104. The number of hydrogen-bond donors (Lipinski definition) is 4. The summed E-state index contributed by atoms with van der Waals surface area (Å²) in [5.41, 5.74) is 0. The summed E-state index contributed by atoms with van der Waals surface area (Å²) in [5.74, 6) is -1.56. The molecule has 0 aliphatic rings. The molecule has 0 aromatic carbocycles. The Morgan fingerprint density at radius 1 is 0.204 bits per heavy atom. The molecule has 0 saturated heterocycles. The van der Waals surface area contributed by atoms with Crippen LogP contribution < -0.4 is 0 Å². The van der Waals surface area contributed by atoms with E-state index in [0.29, 0.717) is 19.3 Å². The van der Waals surface area contributed by atoms with Crippen molar-refractivity contribution >= 4 is 33.6 Å². The Bertz CT molecular complexity index is 3330. The molecule has 0 aliphatic carbocycles. The largest absolute Gasteiger partial charge is 0.472 e. The van der Waals surface area contributed by atoms with E-state index >= 15 is 0 Å². The van der Waals surface area contributed by atoms with Crippen molar-refractivity contribution in [3.05, 3.63) is 207 Å². The molecule has 4 N–H and O–H groups in total. The summed E-state index contributed by atoms with van der Waals surface area (Å²) in [5, 5.41) is 20.8. The van der Waals surface area contributed by atoms with Crippen molar-refractivity contribution in [1.29, 1.82) is 0 Å². The zero-order chi connectivity index (χ0) is 99.2. The number of rotatable bonds is 104. The third-order valence-electron chi connectivity index (χ3n) is 23.5. The smallest absolute Gasteiger partial charge is 0.463 e. The SMILES string of the molecule is CC/C=C\C/C=C\C/C=C\C/C=C\C/C=C\C/C=C\CCCCCCCCCCCCCCCCCCC(=O)OCC(O)COP(=O)(O)OCC(O)COP(=O)(O)OCC(COC(=O)CCCCCCCCCCCCCCCCCC/C=C\C/C=C\C/C=C\C/C=C\C/C=C\C/C=C\CC)OC(=O)CCCCCCCCCCCCCCCCC/C=C\C/C=C\C/C=C\C/C=C\C/C=C\CC. The lowest BCUT2D eigenvalue weighted by atomic mass is 10.0. The molecule has 0 aromatic rings. The minimum atomic E-state index is -4.95. The number of allylic oxidation sites excluding steroid dienone is 34. The van der Waals surface area contributed by atoms with E-state index in [1.165, 1.54) is 231 Å². The number of carbonyl (C=O) groups excluding carboxylic acids is 3. The van der Waals surface area contributed by atoms with Crippen molar-refractivity contribution in [2.75, 3.05) is 39.6 Å². The number of carbonyl (C=O) groups is 3. The highest BCUT2D eigenvalue weighted by molar-refractivity contribution is 7.47. The molecule has 0 radical (unpaired) electrons. The van der Waals surface area contributed by atoms with E-state index in [1.54, 1.807) is 0 Å². The zero-order valence-corrected chi connectivity index (χ0v) is 89.0. The number of ether oxygens (including phenoxy) is 3. The summed E-state index contributed by atoms with van der Waals surface area (Å²) in [6, 6.07) is 0. The van der Waals surface area contributed by atoms with E-state index in [0.717, 1.165) is 180 Å². The average Bonchev–Trinajstić information content (AvgIpc) is 0.898. The van der Waals surface area contributed by atoms with Gasteiger partial charge in [0.25, 0.3) is 0 Å². The monoisotopic (exact) mass is 1950 g/mol. The Morgan fingerprint density at radius 3 is 0.577 bits per heavy atom. The van der Waals surface area contributed by atoms with Crippen LogP contribution in [-0.4, -0.2) is 95.9 Å². The van der Waals surface area contributed by atoms with Crippen LogP contribution in [0, 0.1) is 0 Å². The lowest BCUT2D eigenvalue weighted by Crippen LogP contribution is -2.30. The van der Waals surface area contributed by atoms with Gasteiger partial charge in [0.05, 0.1) is 26.4 Å². The number of phosphoric acid groups is 2. The normalized spacial score (nSPS) is 14.4. The number of unbranched alkanes of at least 4 members (excludes halogenated alkanes) is 47. The van der Waals surface area contributed by atoms with Crippen LogP contribution in [-0.2, 0) is 55.8 Å². The quantitative estimate of drug-likeness (QED) is 0.0146. The molecule has 0 rings (SSSR count). The number of phosphoric ester groups is 2. The van der Waals surface area contributed by atoms with Gasteiger partial charge < -0.3 is 34.2 Å². The first-order chi connectivity index (χ1) is 67.2. The van der Waals surface area contributed by atoms with Gasteiger partial charge in [0.2, 0.25) is 0 Å². The van der Waals surface area contributed by atoms with Crippen molar-refractivity contribution in [3.8, 4) is 0 Å². The van der Waals surface area contributed by atoms with Gasteiger partial charge in [-0.25, -0.2) is 9.13 Å². The molecule has 18 heteroatoms. The first-order valence-corrected chi connectivity index (χ1v) is 58.4. The molecule has 0 saturated carbocycles. The number of aliphatic hydroxyl groups is 2. The van der Waals surface area contributed by atoms with Gasteiger partial charge in [-0.15, -0.1) is 0 Å². The van der Waals surface area contributed by atoms with E-state index in [1.807, 2.05) is 0 Å². The van der Waals surface area contributed by atoms with Gasteiger partial charge in [-0.1, -0.05) is 491 Å². The van der Waals surface area contributed by atoms with Crippen LogP contribution in [0.1, 0.15) is 470 Å². The number of esters is 3. The summed E-state index contributed by atoms with van der Waals surface area (Å²) < 4.78 is 61.9. The highest BCUT2D eigenvalue weighted by atomic mass is 31.2. The van der Waals surface area contributed by atoms with Crippen molar-refractivity contribution in [2.24, 2.45) is 0 Å². The van der Waals surface area contributed by atoms with Gasteiger partial charge in [-0.3, -0.25) is 32.5 Å². The Morgan fingerprint density at radius 2 is 0.365 bits per heavy atom. The van der Waals surface area contributed by atoms with Crippen LogP contribution in [0.15, 0.2) is 207 Å². The first-order valence-electron chi connectivity index (χ1n) is 55.4. The molecule has 0 heterocycles.